The second-order valence-electron chi connectivity index (χ2n) is 5.55. The zero-order valence-corrected chi connectivity index (χ0v) is 11.7. The number of primary amides is 1. The first-order valence-corrected chi connectivity index (χ1v) is 6.86. The van der Waals surface area contributed by atoms with E-state index in [2.05, 4.69) is 10.6 Å². The molecule has 0 aromatic heterocycles. The highest BCUT2D eigenvalue weighted by molar-refractivity contribution is 5.79. The van der Waals surface area contributed by atoms with Gasteiger partial charge < -0.3 is 16.2 Å². The van der Waals surface area contributed by atoms with Crippen LogP contribution in [0.25, 0.3) is 0 Å². The molecule has 0 bridgehead atoms. The molecule has 1 saturated carbocycles. The highest BCUT2D eigenvalue weighted by atomic mass is 16.4. The Morgan fingerprint density at radius 1 is 1.42 bits per heavy atom. The van der Waals surface area contributed by atoms with E-state index in [9.17, 15) is 14.7 Å². The summed E-state index contributed by atoms with van der Waals surface area (Å²) in [5.74, 6) is -1.17. The van der Waals surface area contributed by atoms with Crippen LogP contribution in [0.2, 0.25) is 0 Å². The lowest BCUT2D eigenvalue weighted by Gasteiger charge is -2.26. The van der Waals surface area contributed by atoms with Crippen molar-refractivity contribution in [2.75, 3.05) is 7.05 Å². The number of carboxylic acid groups (broad SMARTS) is 1. The van der Waals surface area contributed by atoms with Crippen molar-refractivity contribution in [3.05, 3.63) is 0 Å². The molecule has 0 aromatic carbocycles. The van der Waals surface area contributed by atoms with E-state index in [1.807, 2.05) is 0 Å². The monoisotopic (exact) mass is 271 g/mol. The highest BCUT2D eigenvalue weighted by Crippen LogP contribution is 2.25. The van der Waals surface area contributed by atoms with E-state index in [0.717, 1.165) is 25.7 Å². The second kappa shape index (κ2) is 6.86. The van der Waals surface area contributed by atoms with Gasteiger partial charge in [0.15, 0.2) is 0 Å². The average Bonchev–Trinajstić information content (AvgIpc) is 3.12. The van der Waals surface area contributed by atoms with Gasteiger partial charge in [0.05, 0.1) is 6.04 Å². The molecule has 1 aliphatic rings. The first-order valence-electron chi connectivity index (χ1n) is 6.86. The molecule has 5 N–H and O–H groups in total. The van der Waals surface area contributed by atoms with Crippen molar-refractivity contribution in [2.45, 2.75) is 63.1 Å². The number of carboxylic acids is 1. The van der Waals surface area contributed by atoms with Crippen LogP contribution in [0.1, 0.15) is 45.4 Å². The summed E-state index contributed by atoms with van der Waals surface area (Å²) in [6, 6.07) is 0.0317. The number of hydrogen-bond donors (Lipinski definition) is 4. The molecular weight excluding hydrogens is 246 g/mol. The van der Waals surface area contributed by atoms with Gasteiger partial charge in [0.2, 0.25) is 5.91 Å². The molecule has 110 valence electrons. The Labute approximate surface area is 114 Å². The van der Waals surface area contributed by atoms with Crippen LogP contribution in [0, 0.1) is 0 Å². The minimum atomic E-state index is -0.858. The van der Waals surface area contributed by atoms with Gasteiger partial charge in [-0.1, -0.05) is 12.8 Å². The van der Waals surface area contributed by atoms with E-state index in [4.69, 9.17) is 5.73 Å². The van der Waals surface area contributed by atoms with Gasteiger partial charge in [-0.05, 0) is 39.7 Å². The molecule has 0 heterocycles. The van der Waals surface area contributed by atoms with Gasteiger partial charge in [-0.15, -0.1) is 0 Å². The summed E-state index contributed by atoms with van der Waals surface area (Å²) in [4.78, 5) is 22.4. The minimum absolute atomic E-state index is 0.326. The van der Waals surface area contributed by atoms with Crippen LogP contribution in [0.15, 0.2) is 0 Å². The number of hydrogen-bond acceptors (Lipinski definition) is 4. The number of nitrogens with one attached hydrogen (secondary N) is 2. The molecule has 2 atom stereocenters. The maximum atomic E-state index is 11.3. The number of likely N-dealkylation sites (N-methyl/N-ethyl adjacent to an activating group) is 1. The molecule has 6 nitrogen and oxygen atoms in total. The van der Waals surface area contributed by atoms with Gasteiger partial charge in [-0.25, -0.2) is 0 Å². The third kappa shape index (κ3) is 5.16. The first kappa shape index (κ1) is 15.9. The molecule has 1 amide bonds. The average molecular weight is 271 g/mol. The molecule has 1 aliphatic carbocycles. The summed E-state index contributed by atoms with van der Waals surface area (Å²) in [6.07, 6.45) is 4.87. The summed E-state index contributed by atoms with van der Waals surface area (Å²) >= 11 is 0. The number of carbonyl (C=O) groups excluding carboxylic acids is 1. The Kier molecular flexibility index (Phi) is 5.75. The van der Waals surface area contributed by atoms with Crippen molar-refractivity contribution in [1.29, 1.82) is 0 Å². The largest absolute Gasteiger partial charge is 0.480 e. The van der Waals surface area contributed by atoms with Crippen molar-refractivity contribution in [1.82, 2.24) is 10.6 Å². The zero-order chi connectivity index (χ0) is 14.5. The quantitative estimate of drug-likeness (QED) is 0.425. The fourth-order valence-electron chi connectivity index (χ4n) is 2.17. The molecule has 19 heavy (non-hydrogen) atoms. The lowest BCUT2D eigenvalue weighted by atomic mass is 9.93. The maximum absolute atomic E-state index is 11.3. The third-order valence-corrected chi connectivity index (χ3v) is 3.68. The number of carbonyl (C=O) groups is 2. The van der Waals surface area contributed by atoms with Crippen molar-refractivity contribution < 1.29 is 14.7 Å². The zero-order valence-electron chi connectivity index (χ0n) is 11.7. The molecule has 1 fully saturated rings. The standard InChI is InChI=1S/C13H25N3O3/c1-13(12(18)19,16-9-6-7-9)8-4-3-5-10(15-2)11(14)17/h9-10,15-16H,3-8H2,1-2H3,(H2,14,17)(H,18,19). The van der Waals surface area contributed by atoms with Gasteiger partial charge in [-0.3, -0.25) is 14.9 Å². The summed E-state index contributed by atoms with van der Waals surface area (Å²) in [5, 5.41) is 15.3. The van der Waals surface area contributed by atoms with Crippen LogP contribution in [0.4, 0.5) is 0 Å². The van der Waals surface area contributed by atoms with Crippen LogP contribution in [0.5, 0.6) is 0 Å². The Morgan fingerprint density at radius 2 is 2.05 bits per heavy atom. The minimum Gasteiger partial charge on any atom is -0.480 e. The van der Waals surface area contributed by atoms with Crippen molar-refractivity contribution in [2.24, 2.45) is 5.73 Å². The SMILES string of the molecule is CNC(CCCCC(C)(NC1CC1)C(=O)O)C(N)=O. The topological polar surface area (TPSA) is 104 Å². The highest BCUT2D eigenvalue weighted by Gasteiger charge is 2.37. The smallest absolute Gasteiger partial charge is 0.323 e. The van der Waals surface area contributed by atoms with Gasteiger partial charge in [-0.2, -0.15) is 0 Å². The van der Waals surface area contributed by atoms with E-state index in [1.54, 1.807) is 14.0 Å². The molecule has 1 rings (SSSR count). The Balaban J connectivity index is 2.31. The molecule has 6 heteroatoms. The molecule has 0 saturated heterocycles. The van der Waals surface area contributed by atoms with Crippen LogP contribution in [0.3, 0.4) is 0 Å². The number of rotatable bonds is 10. The predicted octanol–water partition coefficient (Wildman–Crippen LogP) is 0.215. The van der Waals surface area contributed by atoms with Crippen LogP contribution < -0.4 is 16.4 Å². The molecule has 2 unspecified atom stereocenters. The summed E-state index contributed by atoms with van der Waals surface area (Å²) in [5.41, 5.74) is 4.37. The van der Waals surface area contributed by atoms with Crippen molar-refractivity contribution in [3.8, 4) is 0 Å². The molecule has 0 radical (unpaired) electrons. The number of unbranched alkanes of at least 4 members (excludes halogenated alkanes) is 1. The molecule has 0 aliphatic heterocycles. The van der Waals surface area contributed by atoms with E-state index in [0.29, 0.717) is 18.9 Å². The predicted molar refractivity (Wildman–Crippen MR) is 72.7 cm³/mol. The second-order valence-corrected chi connectivity index (χ2v) is 5.55. The van der Waals surface area contributed by atoms with Crippen molar-refractivity contribution in [3.63, 3.8) is 0 Å². The normalized spacial score (nSPS) is 19.7. The Hall–Kier alpha value is -1.14. The van der Waals surface area contributed by atoms with E-state index >= 15 is 0 Å². The third-order valence-electron chi connectivity index (χ3n) is 3.68. The Bertz CT molecular complexity index is 331. The molecule has 0 spiro atoms. The summed E-state index contributed by atoms with van der Waals surface area (Å²) in [7, 11) is 1.70. The van der Waals surface area contributed by atoms with Crippen LogP contribution >= 0.6 is 0 Å². The Morgan fingerprint density at radius 3 is 2.47 bits per heavy atom. The maximum Gasteiger partial charge on any atom is 0.323 e. The van der Waals surface area contributed by atoms with Crippen molar-refractivity contribution >= 4 is 11.9 Å². The lowest BCUT2D eigenvalue weighted by molar-refractivity contribution is -0.144. The molecule has 0 aromatic rings. The van der Waals surface area contributed by atoms with Gasteiger partial charge in [0.25, 0.3) is 0 Å². The lowest BCUT2D eigenvalue weighted by Crippen LogP contribution is -2.50. The number of aliphatic carboxylic acids is 1. The number of nitrogens with two attached hydrogens (primary N) is 1. The summed E-state index contributed by atoms with van der Waals surface area (Å²) < 4.78 is 0. The summed E-state index contributed by atoms with van der Waals surface area (Å²) in [6.45, 7) is 1.73. The van der Waals surface area contributed by atoms with E-state index < -0.39 is 11.5 Å². The molecular formula is C13H25N3O3. The fraction of sp³-hybridized carbons (Fsp3) is 0.846. The van der Waals surface area contributed by atoms with Gasteiger partial charge in [0, 0.05) is 6.04 Å². The van der Waals surface area contributed by atoms with Gasteiger partial charge >= 0.3 is 5.97 Å². The van der Waals surface area contributed by atoms with Crippen LogP contribution in [-0.2, 0) is 9.59 Å². The van der Waals surface area contributed by atoms with E-state index in [1.165, 1.54) is 0 Å². The fourth-order valence-corrected chi connectivity index (χ4v) is 2.17. The number of amides is 1. The van der Waals surface area contributed by atoms with E-state index in [-0.39, 0.29) is 11.9 Å². The van der Waals surface area contributed by atoms with Crippen LogP contribution in [-0.4, -0.2) is 41.7 Å². The van der Waals surface area contributed by atoms with Gasteiger partial charge in [0.1, 0.15) is 5.54 Å². The first-order chi connectivity index (χ1) is 8.89.